The molecular formula is C16H14N2O5S. The molecule has 0 aliphatic carbocycles. The van der Waals surface area contributed by atoms with Crippen molar-refractivity contribution in [3.63, 3.8) is 0 Å². The number of hydrogen-bond donors (Lipinski definition) is 0. The zero-order valence-corrected chi connectivity index (χ0v) is 13.8. The quantitative estimate of drug-likeness (QED) is 0.661. The fourth-order valence-corrected chi connectivity index (χ4v) is 3.42. The van der Waals surface area contributed by atoms with E-state index in [9.17, 15) is 18.0 Å². The highest BCUT2D eigenvalue weighted by Crippen LogP contribution is 2.22. The first-order chi connectivity index (χ1) is 11.3. The van der Waals surface area contributed by atoms with Crippen LogP contribution in [-0.2, 0) is 24.2 Å². The summed E-state index contributed by atoms with van der Waals surface area (Å²) < 4.78 is 31.6. The maximum Gasteiger partial charge on any atom is 0.346 e. The number of rotatable bonds is 3. The Balaban J connectivity index is 2.08. The van der Waals surface area contributed by atoms with Gasteiger partial charge in [-0.2, -0.15) is 8.42 Å². The van der Waals surface area contributed by atoms with Gasteiger partial charge >= 0.3 is 15.8 Å². The monoisotopic (exact) mass is 346 g/mol. The second-order valence-corrected chi connectivity index (χ2v) is 6.81. The van der Waals surface area contributed by atoms with Gasteiger partial charge in [0.05, 0.1) is 0 Å². The molecule has 0 aliphatic rings. The Labute approximate surface area is 137 Å². The van der Waals surface area contributed by atoms with Gasteiger partial charge in [0.15, 0.2) is 4.90 Å². The molecule has 3 rings (SSSR count). The first kappa shape index (κ1) is 16.0. The van der Waals surface area contributed by atoms with E-state index in [1.165, 1.54) is 20.2 Å². The molecule has 0 fully saturated rings. The molecule has 0 spiro atoms. The molecule has 0 atom stereocenters. The number of hydrogen-bond acceptors (Lipinski definition) is 5. The predicted octanol–water partition coefficient (Wildman–Crippen LogP) is 1.00. The first-order valence-electron chi connectivity index (χ1n) is 6.99. The van der Waals surface area contributed by atoms with Crippen molar-refractivity contribution in [1.29, 1.82) is 0 Å². The molecule has 0 bridgehead atoms. The van der Waals surface area contributed by atoms with Crippen LogP contribution in [0.2, 0.25) is 0 Å². The molecule has 7 nitrogen and oxygen atoms in total. The Bertz CT molecular complexity index is 1160. The van der Waals surface area contributed by atoms with Gasteiger partial charge in [0.1, 0.15) is 5.75 Å². The largest absolute Gasteiger partial charge is 0.379 e. The minimum atomic E-state index is -4.37. The molecule has 1 aromatic heterocycles. The average Bonchev–Trinajstić information content (AvgIpc) is 2.55. The van der Waals surface area contributed by atoms with Crippen molar-refractivity contribution in [2.75, 3.05) is 0 Å². The van der Waals surface area contributed by atoms with Crippen LogP contribution in [0.15, 0.2) is 63.1 Å². The number of aromatic nitrogens is 2. The van der Waals surface area contributed by atoms with E-state index >= 15 is 0 Å². The number of nitrogens with zero attached hydrogens (tertiary/aromatic N) is 2. The molecule has 1 heterocycles. The summed E-state index contributed by atoms with van der Waals surface area (Å²) in [6.45, 7) is 0. The minimum Gasteiger partial charge on any atom is -0.379 e. The van der Waals surface area contributed by atoms with Gasteiger partial charge in [-0.15, -0.1) is 0 Å². The lowest BCUT2D eigenvalue weighted by Gasteiger charge is -2.09. The Morgan fingerprint density at radius 3 is 2.33 bits per heavy atom. The van der Waals surface area contributed by atoms with Gasteiger partial charge in [-0.25, -0.2) is 4.79 Å². The van der Waals surface area contributed by atoms with Gasteiger partial charge in [-0.05, 0) is 22.9 Å². The number of fused-ring (bicyclic) bond motifs is 1. The van der Waals surface area contributed by atoms with Crippen molar-refractivity contribution in [2.45, 2.75) is 4.90 Å². The normalized spacial score (nSPS) is 11.6. The fraction of sp³-hybridized carbons (Fsp3) is 0.125. The van der Waals surface area contributed by atoms with Crippen LogP contribution in [0.3, 0.4) is 0 Å². The summed E-state index contributed by atoms with van der Waals surface area (Å²) in [4.78, 5) is 23.1. The molecule has 0 N–H and O–H groups in total. The van der Waals surface area contributed by atoms with E-state index in [4.69, 9.17) is 4.18 Å². The lowest BCUT2D eigenvalue weighted by molar-refractivity contribution is 0.481. The second kappa shape index (κ2) is 5.64. The summed E-state index contributed by atoms with van der Waals surface area (Å²) in [6, 6.07) is 12.2. The molecule has 0 aliphatic heterocycles. The first-order valence-corrected chi connectivity index (χ1v) is 8.40. The maximum atomic E-state index is 12.4. The van der Waals surface area contributed by atoms with E-state index in [-0.39, 0.29) is 5.75 Å². The van der Waals surface area contributed by atoms with Crippen LogP contribution in [-0.4, -0.2) is 17.6 Å². The average molecular weight is 346 g/mol. The fourth-order valence-electron chi connectivity index (χ4n) is 2.34. The smallest absolute Gasteiger partial charge is 0.346 e. The summed E-state index contributed by atoms with van der Waals surface area (Å²) in [5.74, 6) is 0.0876. The predicted molar refractivity (Wildman–Crippen MR) is 88.7 cm³/mol. The maximum absolute atomic E-state index is 12.4. The van der Waals surface area contributed by atoms with Crippen molar-refractivity contribution in [3.05, 3.63) is 69.5 Å². The van der Waals surface area contributed by atoms with E-state index in [1.807, 2.05) is 24.3 Å². The molecule has 3 aromatic rings. The van der Waals surface area contributed by atoms with Gasteiger partial charge in [0.2, 0.25) is 0 Å². The third kappa shape index (κ3) is 2.71. The molecule has 8 heteroatoms. The second-order valence-electron chi connectivity index (χ2n) is 5.30. The van der Waals surface area contributed by atoms with Crippen molar-refractivity contribution in [2.24, 2.45) is 14.1 Å². The molecule has 24 heavy (non-hydrogen) atoms. The molecular weight excluding hydrogens is 332 g/mol. The van der Waals surface area contributed by atoms with Crippen molar-refractivity contribution < 1.29 is 12.6 Å². The summed E-state index contributed by atoms with van der Waals surface area (Å²) in [5, 5.41) is 1.74. The highest BCUT2D eigenvalue weighted by molar-refractivity contribution is 7.87. The summed E-state index contributed by atoms with van der Waals surface area (Å²) >= 11 is 0. The van der Waals surface area contributed by atoms with Crippen LogP contribution in [0.1, 0.15) is 0 Å². The minimum absolute atomic E-state index is 0.0876. The number of benzene rings is 2. The topological polar surface area (TPSA) is 87.4 Å². The Morgan fingerprint density at radius 1 is 0.958 bits per heavy atom. The summed E-state index contributed by atoms with van der Waals surface area (Å²) in [6.07, 6.45) is 0.959. The highest BCUT2D eigenvalue weighted by atomic mass is 32.2. The molecule has 2 aromatic carbocycles. The zero-order chi connectivity index (χ0) is 17.5. The molecule has 0 saturated heterocycles. The third-order valence-corrected chi connectivity index (χ3v) is 4.84. The van der Waals surface area contributed by atoms with Crippen molar-refractivity contribution in [1.82, 2.24) is 9.13 Å². The van der Waals surface area contributed by atoms with Gasteiger partial charge < -0.3 is 8.75 Å². The van der Waals surface area contributed by atoms with E-state index in [2.05, 4.69) is 0 Å². The van der Waals surface area contributed by atoms with E-state index in [1.54, 1.807) is 12.1 Å². The highest BCUT2D eigenvalue weighted by Gasteiger charge is 2.23. The van der Waals surface area contributed by atoms with Crippen LogP contribution in [0, 0.1) is 0 Å². The van der Waals surface area contributed by atoms with Gasteiger partial charge in [0.25, 0.3) is 5.56 Å². The summed E-state index contributed by atoms with van der Waals surface area (Å²) in [5.41, 5.74) is -1.55. The third-order valence-electron chi connectivity index (χ3n) is 3.61. The Morgan fingerprint density at radius 2 is 1.62 bits per heavy atom. The van der Waals surface area contributed by atoms with E-state index in [0.717, 1.165) is 26.1 Å². The SMILES string of the molecule is Cn1cc(S(=O)(=O)Oc2ccc3ccccc3c2)c(=O)n(C)c1=O. The van der Waals surface area contributed by atoms with Crippen LogP contribution in [0.25, 0.3) is 10.8 Å². The Hall–Kier alpha value is -2.87. The van der Waals surface area contributed by atoms with E-state index in [0.29, 0.717) is 0 Å². The van der Waals surface area contributed by atoms with Crippen LogP contribution < -0.4 is 15.4 Å². The molecule has 0 saturated carbocycles. The van der Waals surface area contributed by atoms with Gasteiger partial charge in [0, 0.05) is 20.3 Å². The summed E-state index contributed by atoms with van der Waals surface area (Å²) in [7, 11) is -1.80. The van der Waals surface area contributed by atoms with Crippen LogP contribution in [0.5, 0.6) is 5.75 Å². The van der Waals surface area contributed by atoms with E-state index < -0.39 is 26.3 Å². The van der Waals surface area contributed by atoms with Gasteiger partial charge in [-0.1, -0.05) is 30.3 Å². The lowest BCUT2D eigenvalue weighted by Crippen LogP contribution is -2.39. The van der Waals surface area contributed by atoms with Crippen LogP contribution in [0.4, 0.5) is 0 Å². The zero-order valence-electron chi connectivity index (χ0n) is 13.0. The standard InChI is InChI=1S/C16H14N2O5S/c1-17-10-14(15(19)18(2)16(17)20)24(21,22)23-13-8-7-11-5-3-4-6-12(11)9-13/h3-10H,1-2H3. The van der Waals surface area contributed by atoms with Crippen LogP contribution >= 0.6 is 0 Å². The molecule has 124 valence electrons. The Kier molecular flexibility index (Phi) is 3.76. The lowest BCUT2D eigenvalue weighted by atomic mass is 10.1. The van der Waals surface area contributed by atoms with Crippen molar-refractivity contribution in [3.8, 4) is 5.75 Å². The van der Waals surface area contributed by atoms with Crippen molar-refractivity contribution >= 4 is 20.9 Å². The molecule has 0 radical (unpaired) electrons. The number of aryl methyl sites for hydroxylation is 1. The molecule has 0 amide bonds. The van der Waals surface area contributed by atoms with Gasteiger partial charge in [-0.3, -0.25) is 9.36 Å². The molecule has 0 unspecified atom stereocenters.